The fourth-order valence-electron chi connectivity index (χ4n) is 0.980. The van der Waals surface area contributed by atoms with Gasteiger partial charge >= 0.3 is 29.6 Å². The van der Waals surface area contributed by atoms with Gasteiger partial charge in [0.25, 0.3) is 0 Å². The Bertz CT molecular complexity index is 320. The van der Waals surface area contributed by atoms with E-state index >= 15 is 0 Å². The van der Waals surface area contributed by atoms with Crippen LogP contribution in [-0.2, 0) is 9.37 Å². The molecule has 0 heterocycles. The van der Waals surface area contributed by atoms with Crippen LogP contribution in [0.1, 0.15) is 16.8 Å². The molecule has 0 fully saturated rings. The van der Waals surface area contributed by atoms with Crippen LogP contribution in [0.2, 0.25) is 0 Å². The Labute approximate surface area is 134 Å². The number of carbonyl (C=O) groups is 1. The van der Waals surface area contributed by atoms with Gasteiger partial charge in [-0.25, -0.2) is 0 Å². The molecule has 0 aliphatic heterocycles. The van der Waals surface area contributed by atoms with Crippen molar-refractivity contribution in [2.75, 3.05) is 4.43 Å². The summed E-state index contributed by atoms with van der Waals surface area (Å²) in [5, 5.41) is 12.8. The number of hydrogen-bond acceptors (Lipinski definition) is 5. The summed E-state index contributed by atoms with van der Waals surface area (Å²) in [6.45, 7) is 0. The van der Waals surface area contributed by atoms with Crippen molar-refractivity contribution >= 4 is 40.4 Å². The molecule has 0 unspecified atom stereocenters. The van der Waals surface area contributed by atoms with Gasteiger partial charge in [-0.15, -0.1) is 0 Å². The van der Waals surface area contributed by atoms with Crippen LogP contribution in [0.5, 0.6) is 0 Å². The molecule has 0 radical (unpaired) electrons. The van der Waals surface area contributed by atoms with E-state index in [1.807, 2.05) is 0 Å². The summed E-state index contributed by atoms with van der Waals surface area (Å²) < 4.78 is 4.95. The van der Waals surface area contributed by atoms with Crippen LogP contribution in [0.3, 0.4) is 0 Å². The molecule has 0 atom stereocenters. The van der Waals surface area contributed by atoms with Crippen molar-refractivity contribution in [2.45, 2.75) is 11.3 Å². The molecule has 0 N–H and O–H groups in total. The second-order valence-electron chi connectivity index (χ2n) is 2.61. The molecule has 82 valence electrons. The van der Waals surface area contributed by atoms with Crippen molar-refractivity contribution in [1.29, 1.82) is 0 Å². The molecule has 16 heavy (non-hydrogen) atoms. The molecule has 1 aromatic carbocycles. The van der Waals surface area contributed by atoms with E-state index in [4.69, 9.17) is 0 Å². The van der Waals surface area contributed by atoms with Crippen LogP contribution < -0.4 is 34.8 Å². The summed E-state index contributed by atoms with van der Waals surface area (Å²) in [4.78, 5) is 12.2. The molecule has 1 aromatic rings. The summed E-state index contributed by atoms with van der Waals surface area (Å²) in [7, 11) is 0. The van der Waals surface area contributed by atoms with E-state index in [0.29, 0.717) is 16.9 Å². The molecule has 0 saturated heterocycles. The number of hydrogen-bond donors (Lipinski definition) is 0. The van der Waals surface area contributed by atoms with Gasteiger partial charge in [-0.05, 0) is 12.1 Å². The number of Topliss-reactive ketones (excluding diaryl/α,β-unsaturated/α-hetero) is 1. The molecule has 0 saturated carbocycles. The van der Waals surface area contributed by atoms with Crippen molar-refractivity contribution in [1.82, 2.24) is 0 Å². The van der Waals surface area contributed by atoms with Crippen LogP contribution in [0, 0.1) is 0 Å². The average Bonchev–Trinajstić information content (AvgIpc) is 2.27. The minimum Gasteiger partial charge on any atom is -0.691 e. The van der Waals surface area contributed by atoms with Gasteiger partial charge in [-0.3, -0.25) is 9.83 Å². The predicted octanol–water partition coefficient (Wildman–Crippen LogP) is -1.07. The molecule has 0 aromatic heterocycles. The summed E-state index contributed by atoms with van der Waals surface area (Å²) >= 11 is 2.96. The quantitative estimate of drug-likeness (QED) is 0.123. The molecule has 0 amide bonds. The molecule has 0 aliphatic rings. The third kappa shape index (κ3) is 5.97. The Morgan fingerprint density at radius 2 is 2.00 bits per heavy atom. The molecule has 1 rings (SSSR count). The number of alkyl halides is 1. The molecule has 0 spiro atoms. The molecular weight excluding hydrogens is 354 g/mol. The van der Waals surface area contributed by atoms with Crippen molar-refractivity contribution in [2.24, 2.45) is 0 Å². The van der Waals surface area contributed by atoms with Crippen molar-refractivity contribution < 1.29 is 49.0 Å². The normalized spacial score (nSPS) is 9.62. The molecular formula is C9H8INaO4S. The van der Waals surface area contributed by atoms with Crippen molar-refractivity contribution in [3.63, 3.8) is 0 Å². The van der Waals surface area contributed by atoms with Gasteiger partial charge in [0.15, 0.2) is 5.78 Å². The first kappa shape index (κ1) is 16.9. The molecule has 4 nitrogen and oxygen atoms in total. The van der Waals surface area contributed by atoms with Crippen LogP contribution in [0.25, 0.3) is 0 Å². The van der Waals surface area contributed by atoms with Gasteiger partial charge < -0.3 is 5.26 Å². The second-order valence-corrected chi connectivity index (χ2v) is 4.46. The topological polar surface area (TPSA) is 58.6 Å². The van der Waals surface area contributed by atoms with Gasteiger partial charge in [0.05, 0.1) is 12.0 Å². The zero-order chi connectivity index (χ0) is 11.1. The van der Waals surface area contributed by atoms with Crippen LogP contribution in [-0.4, -0.2) is 10.2 Å². The Balaban J connectivity index is 0.00000225. The predicted molar refractivity (Wildman–Crippen MR) is 62.3 cm³/mol. The first-order chi connectivity index (χ1) is 7.27. The molecule has 0 bridgehead atoms. The van der Waals surface area contributed by atoms with Gasteiger partial charge in [-0.1, -0.05) is 34.7 Å². The van der Waals surface area contributed by atoms with Crippen LogP contribution >= 0.6 is 34.6 Å². The third-order valence-corrected chi connectivity index (χ3v) is 2.78. The summed E-state index contributed by atoms with van der Waals surface area (Å²) in [5.41, 5.74) is 0.666. The smallest absolute Gasteiger partial charge is 0.691 e. The Kier molecular flexibility index (Phi) is 10.4. The van der Waals surface area contributed by atoms with E-state index in [1.54, 1.807) is 24.3 Å². The monoisotopic (exact) mass is 362 g/mol. The molecule has 7 heteroatoms. The van der Waals surface area contributed by atoms with Gasteiger partial charge in [0, 0.05) is 21.3 Å². The number of carbonyl (C=O) groups excluding carboxylic acids is 1. The first-order valence-electron chi connectivity index (χ1n) is 4.10. The maximum atomic E-state index is 11.5. The van der Waals surface area contributed by atoms with Crippen LogP contribution in [0.4, 0.5) is 0 Å². The Morgan fingerprint density at radius 3 is 2.50 bits per heavy atom. The largest absolute Gasteiger partial charge is 1.00 e. The number of ketones is 1. The van der Waals surface area contributed by atoms with E-state index in [9.17, 15) is 10.1 Å². The number of rotatable bonds is 6. The minimum atomic E-state index is 0. The SMILES string of the molecule is O=C(CCI)c1ccc(SOO[O-])cc1.[Na+]. The summed E-state index contributed by atoms with van der Waals surface area (Å²) in [5.74, 6) is 0.113. The fraction of sp³-hybridized carbons (Fsp3) is 0.222. The Morgan fingerprint density at radius 1 is 1.38 bits per heavy atom. The first-order valence-corrected chi connectivity index (χ1v) is 6.37. The Hall–Kier alpha value is 0.850. The van der Waals surface area contributed by atoms with Crippen molar-refractivity contribution in [3.8, 4) is 0 Å². The van der Waals surface area contributed by atoms with E-state index in [0.717, 1.165) is 16.5 Å². The summed E-state index contributed by atoms with van der Waals surface area (Å²) in [6, 6.07) is 6.80. The van der Waals surface area contributed by atoms with E-state index in [2.05, 4.69) is 32.0 Å². The maximum absolute atomic E-state index is 11.5. The molecule has 0 aliphatic carbocycles. The number of benzene rings is 1. The van der Waals surface area contributed by atoms with Crippen LogP contribution in [0.15, 0.2) is 29.2 Å². The average molecular weight is 362 g/mol. The second kappa shape index (κ2) is 9.84. The standard InChI is InChI=1S/C9H9IO4S.Na/c10-6-5-9(11)7-1-3-8(4-2-7)15-14-13-12;/h1-4,12H,5-6H2;/q;+1/p-1. The fourth-order valence-corrected chi connectivity index (χ4v) is 1.82. The van der Waals surface area contributed by atoms with Gasteiger partial charge in [-0.2, -0.15) is 4.33 Å². The minimum absolute atomic E-state index is 0. The van der Waals surface area contributed by atoms with Gasteiger partial charge in [0.1, 0.15) is 0 Å². The number of halogens is 1. The zero-order valence-corrected chi connectivity index (χ0v) is 13.6. The van der Waals surface area contributed by atoms with E-state index in [1.165, 1.54) is 0 Å². The van der Waals surface area contributed by atoms with Gasteiger partial charge in [0.2, 0.25) is 0 Å². The maximum Gasteiger partial charge on any atom is 1.00 e. The van der Waals surface area contributed by atoms with Crippen molar-refractivity contribution in [3.05, 3.63) is 29.8 Å². The summed E-state index contributed by atoms with van der Waals surface area (Å²) in [6.07, 6.45) is 0.535. The van der Waals surface area contributed by atoms with E-state index in [-0.39, 0.29) is 35.3 Å². The zero-order valence-electron chi connectivity index (χ0n) is 8.64. The third-order valence-electron chi connectivity index (χ3n) is 1.66. The van der Waals surface area contributed by atoms with E-state index < -0.39 is 0 Å².